The molecule has 0 radical (unpaired) electrons. The molecule has 2 rings (SSSR count). The van der Waals surface area contributed by atoms with Crippen molar-refractivity contribution in [2.75, 3.05) is 19.7 Å². The van der Waals surface area contributed by atoms with Gasteiger partial charge in [-0.2, -0.15) is 0 Å². The molecule has 3 N–H and O–H groups in total. The topological polar surface area (TPSA) is 62.9 Å². The van der Waals surface area contributed by atoms with E-state index in [0.29, 0.717) is 6.04 Å². The van der Waals surface area contributed by atoms with Crippen molar-refractivity contribution in [2.45, 2.75) is 57.6 Å². The van der Waals surface area contributed by atoms with E-state index in [1.54, 1.807) is 0 Å². The molecule has 1 aliphatic heterocycles. The van der Waals surface area contributed by atoms with Gasteiger partial charge in [0.2, 0.25) is 5.96 Å². The molecule has 0 aromatic heterocycles. The first kappa shape index (κ1) is 13.6. The summed E-state index contributed by atoms with van der Waals surface area (Å²) in [4.78, 5) is 7.03. The first-order valence-electron chi connectivity index (χ1n) is 7.20. The van der Waals surface area contributed by atoms with Crippen LogP contribution in [0, 0.1) is 0 Å². The second-order valence-corrected chi connectivity index (χ2v) is 5.37. The lowest BCUT2D eigenvalue weighted by molar-refractivity contribution is 0.0740. The molecule has 5 nitrogen and oxygen atoms in total. The summed E-state index contributed by atoms with van der Waals surface area (Å²) < 4.78 is 5.65. The van der Waals surface area contributed by atoms with Crippen molar-refractivity contribution in [2.24, 2.45) is 10.8 Å². The highest BCUT2D eigenvalue weighted by Gasteiger charge is 2.20. The predicted molar refractivity (Wildman–Crippen MR) is 73.2 cm³/mol. The lowest BCUT2D eigenvalue weighted by atomic mass is 9.96. The molecule has 0 aromatic carbocycles. The molecule has 18 heavy (non-hydrogen) atoms. The van der Waals surface area contributed by atoms with E-state index in [9.17, 15) is 0 Å². The van der Waals surface area contributed by atoms with Crippen molar-refractivity contribution in [3.63, 3.8) is 0 Å². The Hall–Kier alpha value is -0.810. The zero-order valence-electron chi connectivity index (χ0n) is 11.4. The van der Waals surface area contributed by atoms with Gasteiger partial charge in [-0.3, -0.25) is 5.43 Å². The molecule has 104 valence electrons. The zero-order chi connectivity index (χ0) is 12.8. The average Bonchev–Trinajstić information content (AvgIpc) is 2.62. The van der Waals surface area contributed by atoms with E-state index in [2.05, 4.69) is 17.2 Å². The Balaban J connectivity index is 1.98. The molecule has 1 saturated carbocycles. The minimum Gasteiger partial charge on any atom is -0.377 e. The van der Waals surface area contributed by atoms with Crippen molar-refractivity contribution in [3.05, 3.63) is 0 Å². The van der Waals surface area contributed by atoms with Crippen LogP contribution in [0.2, 0.25) is 0 Å². The van der Waals surface area contributed by atoms with Gasteiger partial charge in [-0.05, 0) is 26.2 Å². The number of nitrogens with zero attached hydrogens (tertiary/aromatic N) is 2. The molecule has 2 aliphatic rings. The Labute approximate surface area is 110 Å². The smallest absolute Gasteiger partial charge is 0.208 e. The molecule has 2 fully saturated rings. The SMILES string of the molecule is CC1CN(C(=NC2CCCCC2)NN)CCCO1. The van der Waals surface area contributed by atoms with E-state index < -0.39 is 0 Å². The third-order valence-electron chi connectivity index (χ3n) is 3.76. The average molecular weight is 254 g/mol. The van der Waals surface area contributed by atoms with Crippen LogP contribution in [0.1, 0.15) is 45.4 Å². The van der Waals surface area contributed by atoms with Gasteiger partial charge in [0.1, 0.15) is 0 Å². The highest BCUT2D eigenvalue weighted by molar-refractivity contribution is 5.79. The number of hydrogen-bond acceptors (Lipinski definition) is 3. The van der Waals surface area contributed by atoms with Crippen LogP contribution in [-0.4, -0.2) is 42.7 Å². The normalized spacial score (nSPS) is 28.0. The number of nitrogens with one attached hydrogen (secondary N) is 1. The van der Waals surface area contributed by atoms with Crippen LogP contribution >= 0.6 is 0 Å². The molecule has 1 unspecified atom stereocenters. The Morgan fingerprint density at radius 3 is 2.78 bits per heavy atom. The maximum absolute atomic E-state index is 5.65. The van der Waals surface area contributed by atoms with Gasteiger partial charge < -0.3 is 9.64 Å². The monoisotopic (exact) mass is 254 g/mol. The Morgan fingerprint density at radius 1 is 1.28 bits per heavy atom. The van der Waals surface area contributed by atoms with E-state index in [1.807, 2.05) is 0 Å². The lowest BCUT2D eigenvalue weighted by Crippen LogP contribution is -2.47. The van der Waals surface area contributed by atoms with Crippen molar-refractivity contribution in [1.82, 2.24) is 10.3 Å². The van der Waals surface area contributed by atoms with Gasteiger partial charge in [-0.1, -0.05) is 19.3 Å². The number of aliphatic imine (C=N–C) groups is 1. The van der Waals surface area contributed by atoms with Crippen LogP contribution in [0.15, 0.2) is 4.99 Å². The van der Waals surface area contributed by atoms with Crippen LogP contribution in [0.3, 0.4) is 0 Å². The predicted octanol–water partition coefficient (Wildman–Crippen LogP) is 1.25. The Morgan fingerprint density at radius 2 is 2.06 bits per heavy atom. The molecule has 1 atom stereocenters. The Kier molecular flexibility index (Phi) is 5.26. The second kappa shape index (κ2) is 6.95. The maximum atomic E-state index is 5.65. The van der Waals surface area contributed by atoms with Crippen molar-refractivity contribution < 1.29 is 4.74 Å². The van der Waals surface area contributed by atoms with Crippen LogP contribution in [0.25, 0.3) is 0 Å². The van der Waals surface area contributed by atoms with Crippen LogP contribution < -0.4 is 11.3 Å². The third kappa shape index (κ3) is 3.85. The summed E-state index contributed by atoms with van der Waals surface area (Å²) in [6, 6.07) is 0.448. The highest BCUT2D eigenvalue weighted by atomic mass is 16.5. The highest BCUT2D eigenvalue weighted by Crippen LogP contribution is 2.20. The van der Waals surface area contributed by atoms with Crippen LogP contribution in [0.4, 0.5) is 0 Å². The van der Waals surface area contributed by atoms with Gasteiger partial charge in [0.25, 0.3) is 0 Å². The molecule has 0 bridgehead atoms. The first-order valence-corrected chi connectivity index (χ1v) is 7.20. The first-order chi connectivity index (χ1) is 8.79. The lowest BCUT2D eigenvalue weighted by Gasteiger charge is -2.27. The van der Waals surface area contributed by atoms with E-state index >= 15 is 0 Å². The van der Waals surface area contributed by atoms with E-state index in [-0.39, 0.29) is 6.10 Å². The zero-order valence-corrected chi connectivity index (χ0v) is 11.4. The summed E-state index contributed by atoms with van der Waals surface area (Å²) in [7, 11) is 0. The number of ether oxygens (including phenoxy) is 1. The quantitative estimate of drug-likeness (QED) is 0.320. The van der Waals surface area contributed by atoms with Gasteiger partial charge >= 0.3 is 0 Å². The number of guanidine groups is 1. The summed E-state index contributed by atoms with van der Waals surface area (Å²) in [5.41, 5.74) is 2.79. The van der Waals surface area contributed by atoms with E-state index in [0.717, 1.165) is 32.1 Å². The largest absolute Gasteiger partial charge is 0.377 e. The number of rotatable bonds is 1. The summed E-state index contributed by atoms with van der Waals surface area (Å²) in [5.74, 6) is 6.50. The second-order valence-electron chi connectivity index (χ2n) is 5.37. The number of nitrogens with two attached hydrogens (primary N) is 1. The van der Waals surface area contributed by atoms with Gasteiger partial charge in [0.05, 0.1) is 12.1 Å². The summed E-state index contributed by atoms with van der Waals surface area (Å²) in [6.45, 7) is 4.78. The minimum atomic E-state index is 0.248. The number of hydrogen-bond donors (Lipinski definition) is 2. The third-order valence-corrected chi connectivity index (χ3v) is 3.76. The van der Waals surface area contributed by atoms with Gasteiger partial charge in [0, 0.05) is 19.7 Å². The fourth-order valence-corrected chi connectivity index (χ4v) is 2.78. The van der Waals surface area contributed by atoms with E-state index in [1.165, 1.54) is 32.1 Å². The van der Waals surface area contributed by atoms with Gasteiger partial charge in [-0.25, -0.2) is 10.8 Å². The summed E-state index contributed by atoms with van der Waals surface area (Å²) >= 11 is 0. The molecule has 1 heterocycles. The summed E-state index contributed by atoms with van der Waals surface area (Å²) in [6.07, 6.45) is 7.63. The number of hydrazine groups is 1. The Bertz CT molecular complexity index is 276. The van der Waals surface area contributed by atoms with Gasteiger partial charge in [0.15, 0.2) is 0 Å². The van der Waals surface area contributed by atoms with Crippen LogP contribution in [0.5, 0.6) is 0 Å². The minimum absolute atomic E-state index is 0.248. The molecule has 0 aromatic rings. The van der Waals surface area contributed by atoms with Crippen molar-refractivity contribution in [1.29, 1.82) is 0 Å². The fraction of sp³-hybridized carbons (Fsp3) is 0.923. The van der Waals surface area contributed by atoms with Gasteiger partial charge in [-0.15, -0.1) is 0 Å². The molecule has 0 amide bonds. The molecule has 1 saturated heterocycles. The van der Waals surface area contributed by atoms with Crippen molar-refractivity contribution in [3.8, 4) is 0 Å². The maximum Gasteiger partial charge on any atom is 0.208 e. The fourth-order valence-electron chi connectivity index (χ4n) is 2.78. The molecule has 5 heteroatoms. The molecular weight excluding hydrogens is 228 g/mol. The molecule has 0 spiro atoms. The molecule has 1 aliphatic carbocycles. The van der Waals surface area contributed by atoms with E-state index in [4.69, 9.17) is 15.6 Å². The van der Waals surface area contributed by atoms with Crippen LogP contribution in [-0.2, 0) is 4.74 Å². The standard InChI is InChI=1S/C13H26N4O/c1-11-10-17(8-5-9-18-11)13(16-14)15-12-6-3-2-4-7-12/h11-12H,2-10,14H2,1H3,(H,15,16). The molecular formula is C13H26N4O. The summed E-state index contributed by atoms with van der Waals surface area (Å²) in [5, 5.41) is 0. The van der Waals surface area contributed by atoms with Crippen molar-refractivity contribution >= 4 is 5.96 Å².